The minimum Gasteiger partial charge on any atom is -0.469 e. The molecule has 0 spiro atoms. The third-order valence-electron chi connectivity index (χ3n) is 5.50. The number of halogens is 1. The molecule has 2 fully saturated rings. The molecule has 1 aliphatic heterocycles. The first kappa shape index (κ1) is 22.5. The number of aryl methyl sites for hydroxylation is 1. The lowest BCUT2D eigenvalue weighted by Gasteiger charge is -2.29. The summed E-state index contributed by atoms with van der Waals surface area (Å²) in [5, 5.41) is 3.63. The van der Waals surface area contributed by atoms with Gasteiger partial charge < -0.3 is 14.6 Å². The van der Waals surface area contributed by atoms with Crippen LogP contribution in [0.3, 0.4) is 0 Å². The van der Waals surface area contributed by atoms with Crippen molar-refractivity contribution in [2.24, 2.45) is 10.9 Å². The first-order valence-electron chi connectivity index (χ1n) is 9.68. The molecule has 1 N–H and O–H groups in total. The monoisotopic (exact) mass is 509 g/mol. The summed E-state index contributed by atoms with van der Waals surface area (Å²) < 4.78 is 28.8. The number of nitrogens with zero attached hydrogens (tertiary/aromatic N) is 2. The number of sulfone groups is 1. The second-order valence-electron chi connectivity index (χ2n) is 7.77. The fraction of sp³-hybridized carbons (Fsp3) is 0.737. The highest BCUT2D eigenvalue weighted by atomic mass is 127. The van der Waals surface area contributed by atoms with Crippen LogP contribution in [0.2, 0.25) is 0 Å². The molecular weight excluding hydrogens is 477 g/mol. The van der Waals surface area contributed by atoms with E-state index in [1.165, 1.54) is 32.1 Å². The fourth-order valence-electron chi connectivity index (χ4n) is 3.84. The molecule has 1 atom stereocenters. The maximum absolute atomic E-state index is 11.7. The highest BCUT2D eigenvalue weighted by Gasteiger charge is 2.28. The normalized spacial score (nSPS) is 23.0. The molecular formula is C19H32IN3O3S. The smallest absolute Gasteiger partial charge is 0.194 e. The van der Waals surface area contributed by atoms with E-state index in [0.29, 0.717) is 18.3 Å². The maximum Gasteiger partial charge on any atom is 0.194 e. The molecule has 1 saturated carbocycles. The molecule has 2 aliphatic rings. The second-order valence-corrected chi connectivity index (χ2v) is 10.00. The summed E-state index contributed by atoms with van der Waals surface area (Å²) in [6.45, 7) is 3.27. The van der Waals surface area contributed by atoms with Crippen LogP contribution in [0, 0.1) is 12.8 Å². The summed E-state index contributed by atoms with van der Waals surface area (Å²) in [5.74, 6) is 2.53. The van der Waals surface area contributed by atoms with Crippen LogP contribution in [0.1, 0.15) is 49.8 Å². The summed E-state index contributed by atoms with van der Waals surface area (Å²) in [4.78, 5) is 6.93. The van der Waals surface area contributed by atoms with E-state index in [2.05, 4.69) is 10.2 Å². The molecule has 154 valence electrons. The SMILES string of the molecule is Cc1occc1CN(C)C(=NCC1CCS(=O)(=O)C1)NC1CCCCC1.I. The Balaban J connectivity index is 0.00000261. The van der Waals surface area contributed by atoms with Gasteiger partial charge >= 0.3 is 0 Å². The number of furan rings is 1. The van der Waals surface area contributed by atoms with Crippen LogP contribution in [0.15, 0.2) is 21.7 Å². The molecule has 1 aromatic rings. The number of hydrogen-bond acceptors (Lipinski definition) is 4. The molecule has 27 heavy (non-hydrogen) atoms. The molecule has 0 amide bonds. The predicted molar refractivity (Wildman–Crippen MR) is 119 cm³/mol. The second kappa shape index (κ2) is 10.1. The van der Waals surface area contributed by atoms with E-state index in [4.69, 9.17) is 9.41 Å². The van der Waals surface area contributed by atoms with Crippen LogP contribution in [0.25, 0.3) is 0 Å². The van der Waals surface area contributed by atoms with Gasteiger partial charge in [0, 0.05) is 31.7 Å². The van der Waals surface area contributed by atoms with Gasteiger partial charge in [0.1, 0.15) is 5.76 Å². The van der Waals surface area contributed by atoms with E-state index in [9.17, 15) is 8.42 Å². The van der Waals surface area contributed by atoms with Gasteiger partial charge in [-0.3, -0.25) is 4.99 Å². The van der Waals surface area contributed by atoms with Gasteiger partial charge in [-0.15, -0.1) is 24.0 Å². The van der Waals surface area contributed by atoms with Crippen molar-refractivity contribution in [3.63, 3.8) is 0 Å². The zero-order chi connectivity index (χ0) is 18.6. The van der Waals surface area contributed by atoms with Gasteiger partial charge in [-0.05, 0) is 38.2 Å². The van der Waals surface area contributed by atoms with Gasteiger partial charge in [-0.25, -0.2) is 8.42 Å². The molecule has 3 rings (SSSR count). The van der Waals surface area contributed by atoms with Crippen molar-refractivity contribution in [2.75, 3.05) is 25.1 Å². The Labute approximate surface area is 180 Å². The summed E-state index contributed by atoms with van der Waals surface area (Å²) in [5.41, 5.74) is 1.15. The molecule has 1 unspecified atom stereocenters. The van der Waals surface area contributed by atoms with Crippen LogP contribution in [0.5, 0.6) is 0 Å². The third kappa shape index (κ3) is 6.66. The topological polar surface area (TPSA) is 74.9 Å². The Bertz CT molecular complexity index is 726. The number of hydrogen-bond donors (Lipinski definition) is 1. The number of guanidine groups is 1. The minimum absolute atomic E-state index is 0. The molecule has 2 heterocycles. The van der Waals surface area contributed by atoms with Crippen molar-refractivity contribution in [3.8, 4) is 0 Å². The Morgan fingerprint density at radius 1 is 1.30 bits per heavy atom. The lowest BCUT2D eigenvalue weighted by molar-refractivity contribution is 0.384. The van der Waals surface area contributed by atoms with Crippen LogP contribution in [-0.2, 0) is 16.4 Å². The van der Waals surface area contributed by atoms with E-state index in [-0.39, 0.29) is 35.6 Å². The maximum atomic E-state index is 11.7. The van der Waals surface area contributed by atoms with Crippen LogP contribution in [-0.4, -0.2) is 50.4 Å². The highest BCUT2D eigenvalue weighted by Crippen LogP contribution is 2.20. The van der Waals surface area contributed by atoms with Crippen LogP contribution >= 0.6 is 24.0 Å². The minimum atomic E-state index is -2.85. The Morgan fingerprint density at radius 2 is 2.04 bits per heavy atom. The number of rotatable bonds is 5. The third-order valence-corrected chi connectivity index (χ3v) is 7.34. The van der Waals surface area contributed by atoms with Gasteiger partial charge in [0.2, 0.25) is 0 Å². The predicted octanol–water partition coefficient (Wildman–Crippen LogP) is 3.35. The molecule has 0 aromatic carbocycles. The van der Waals surface area contributed by atoms with Gasteiger partial charge in [0.25, 0.3) is 0 Å². The molecule has 8 heteroatoms. The average Bonchev–Trinajstić information content (AvgIpc) is 3.17. The average molecular weight is 509 g/mol. The Morgan fingerprint density at radius 3 is 2.63 bits per heavy atom. The van der Waals surface area contributed by atoms with Crippen molar-refractivity contribution in [1.29, 1.82) is 0 Å². The molecule has 1 saturated heterocycles. The lowest BCUT2D eigenvalue weighted by atomic mass is 9.96. The van der Waals surface area contributed by atoms with Crippen molar-refractivity contribution in [3.05, 3.63) is 23.7 Å². The number of nitrogens with one attached hydrogen (secondary N) is 1. The quantitative estimate of drug-likeness (QED) is 0.375. The van der Waals surface area contributed by atoms with E-state index >= 15 is 0 Å². The van der Waals surface area contributed by atoms with Crippen LogP contribution < -0.4 is 5.32 Å². The summed E-state index contributed by atoms with van der Waals surface area (Å²) in [7, 11) is -0.819. The standard InChI is InChI=1S/C19H31N3O3S.HI/c1-15-17(8-10-25-15)13-22(2)19(21-18-6-4-3-5-7-18)20-12-16-9-11-26(23,24)14-16;/h8,10,16,18H,3-7,9,11-14H2,1-2H3,(H,20,21);1H. The molecule has 0 radical (unpaired) electrons. The van der Waals surface area contributed by atoms with Gasteiger partial charge in [-0.2, -0.15) is 0 Å². The summed E-state index contributed by atoms with van der Waals surface area (Å²) in [6, 6.07) is 2.45. The Hall–Kier alpha value is -0.770. The van der Waals surface area contributed by atoms with Crippen molar-refractivity contribution < 1.29 is 12.8 Å². The fourth-order valence-corrected chi connectivity index (χ4v) is 5.69. The van der Waals surface area contributed by atoms with E-state index in [1.807, 2.05) is 20.0 Å². The highest BCUT2D eigenvalue weighted by molar-refractivity contribution is 14.0. The Kier molecular flexibility index (Phi) is 8.45. The van der Waals surface area contributed by atoms with Gasteiger partial charge in [-0.1, -0.05) is 19.3 Å². The van der Waals surface area contributed by atoms with Crippen LogP contribution in [0.4, 0.5) is 0 Å². The van der Waals surface area contributed by atoms with Gasteiger partial charge in [0.15, 0.2) is 15.8 Å². The van der Waals surface area contributed by atoms with E-state index in [1.54, 1.807) is 6.26 Å². The lowest BCUT2D eigenvalue weighted by Crippen LogP contribution is -2.45. The zero-order valence-electron chi connectivity index (χ0n) is 16.3. The molecule has 0 bridgehead atoms. The first-order valence-corrected chi connectivity index (χ1v) is 11.5. The zero-order valence-corrected chi connectivity index (χ0v) is 19.5. The molecule has 6 nitrogen and oxygen atoms in total. The van der Waals surface area contributed by atoms with E-state index < -0.39 is 9.84 Å². The van der Waals surface area contributed by atoms with Crippen molar-refractivity contribution >= 4 is 39.8 Å². The van der Waals surface area contributed by atoms with Crippen molar-refractivity contribution in [2.45, 2.75) is 58.0 Å². The molecule has 1 aromatic heterocycles. The summed E-state index contributed by atoms with van der Waals surface area (Å²) >= 11 is 0. The molecule has 1 aliphatic carbocycles. The van der Waals surface area contributed by atoms with Gasteiger partial charge in [0.05, 0.1) is 17.8 Å². The van der Waals surface area contributed by atoms with Crippen molar-refractivity contribution in [1.82, 2.24) is 10.2 Å². The summed E-state index contributed by atoms with van der Waals surface area (Å²) in [6.07, 6.45) is 8.63. The first-order chi connectivity index (χ1) is 12.4. The van der Waals surface area contributed by atoms with E-state index in [0.717, 1.165) is 30.2 Å². The number of aliphatic imine (C=N–C) groups is 1. The largest absolute Gasteiger partial charge is 0.469 e.